The van der Waals surface area contributed by atoms with E-state index in [0.717, 1.165) is 44.0 Å². The zero-order valence-corrected chi connectivity index (χ0v) is 15.3. The van der Waals surface area contributed by atoms with Crippen LogP contribution in [0.4, 0.5) is 17.6 Å². The molecule has 0 unspecified atom stereocenters. The van der Waals surface area contributed by atoms with Crippen LogP contribution in [0.25, 0.3) is 0 Å². The molecule has 0 saturated carbocycles. The van der Waals surface area contributed by atoms with Gasteiger partial charge in [0.1, 0.15) is 11.5 Å². The number of hydrogen-bond donors (Lipinski definition) is 1. The topological polar surface area (TPSA) is 59.9 Å². The van der Waals surface area contributed by atoms with Crippen LogP contribution >= 0.6 is 11.3 Å². The highest BCUT2D eigenvalue weighted by atomic mass is 32.1. The average Bonchev–Trinajstić information content (AvgIpc) is 3.06. The number of aryl methyl sites for hydroxylation is 2. The van der Waals surface area contributed by atoms with Crippen LogP contribution in [0, 0.1) is 0 Å². The van der Waals surface area contributed by atoms with Crippen molar-refractivity contribution in [3.63, 3.8) is 0 Å². The van der Waals surface area contributed by atoms with Crippen molar-refractivity contribution < 1.29 is 31.8 Å². The minimum atomic E-state index is -3.17. The van der Waals surface area contributed by atoms with Crippen molar-refractivity contribution in [3.05, 3.63) is 45.1 Å². The molecule has 1 aliphatic carbocycles. The van der Waals surface area contributed by atoms with Gasteiger partial charge in [0, 0.05) is 16.5 Å². The van der Waals surface area contributed by atoms with Gasteiger partial charge in [0.05, 0.1) is 11.1 Å². The van der Waals surface area contributed by atoms with E-state index in [4.69, 9.17) is 0 Å². The standard InChI is InChI=1S/C18H16F4N2O3S/c19-17(20)26-12-6-5-11(13(8-12)27-18(21)22)9-23-24-16(25)15-7-10-3-1-2-4-14(10)28-15/h5-9,17-18H,1-4H2,(H,24,25)/b23-9-. The number of nitrogens with zero attached hydrogens (tertiary/aromatic N) is 1. The van der Waals surface area contributed by atoms with E-state index in [9.17, 15) is 22.4 Å². The largest absolute Gasteiger partial charge is 0.435 e. The molecule has 28 heavy (non-hydrogen) atoms. The summed E-state index contributed by atoms with van der Waals surface area (Å²) in [6, 6.07) is 5.11. The number of hydrogen-bond acceptors (Lipinski definition) is 5. The maximum absolute atomic E-state index is 12.6. The Morgan fingerprint density at radius 1 is 1.11 bits per heavy atom. The monoisotopic (exact) mass is 416 g/mol. The molecule has 0 spiro atoms. The summed E-state index contributed by atoms with van der Waals surface area (Å²) in [5, 5.41) is 3.75. The second-order valence-electron chi connectivity index (χ2n) is 5.92. The number of alkyl halides is 4. The fourth-order valence-electron chi connectivity index (χ4n) is 2.81. The van der Waals surface area contributed by atoms with Gasteiger partial charge in [0.25, 0.3) is 5.91 Å². The van der Waals surface area contributed by atoms with Crippen molar-refractivity contribution >= 4 is 23.5 Å². The number of rotatable bonds is 7. The van der Waals surface area contributed by atoms with E-state index in [-0.39, 0.29) is 11.3 Å². The molecule has 0 aliphatic heterocycles. The molecule has 0 bridgehead atoms. The van der Waals surface area contributed by atoms with Crippen molar-refractivity contribution in [2.24, 2.45) is 5.10 Å². The van der Waals surface area contributed by atoms with E-state index in [1.54, 1.807) is 0 Å². The third-order valence-electron chi connectivity index (χ3n) is 4.02. The maximum atomic E-state index is 12.6. The summed E-state index contributed by atoms with van der Waals surface area (Å²) in [5.74, 6) is -1.15. The van der Waals surface area contributed by atoms with E-state index >= 15 is 0 Å². The van der Waals surface area contributed by atoms with Crippen molar-refractivity contribution in [3.8, 4) is 11.5 Å². The van der Waals surface area contributed by atoms with Crippen molar-refractivity contribution in [2.75, 3.05) is 0 Å². The molecule has 3 rings (SSSR count). The van der Waals surface area contributed by atoms with Gasteiger partial charge >= 0.3 is 13.2 Å². The molecule has 2 aromatic rings. The number of fused-ring (bicyclic) bond motifs is 1. The van der Waals surface area contributed by atoms with Crippen LogP contribution in [-0.4, -0.2) is 25.3 Å². The molecule has 1 aromatic heterocycles. The Morgan fingerprint density at radius 2 is 1.86 bits per heavy atom. The fourth-order valence-corrected chi connectivity index (χ4v) is 3.96. The van der Waals surface area contributed by atoms with E-state index in [1.807, 2.05) is 6.07 Å². The van der Waals surface area contributed by atoms with Crippen molar-refractivity contribution in [1.82, 2.24) is 5.43 Å². The summed E-state index contributed by atoms with van der Waals surface area (Å²) >= 11 is 1.41. The molecule has 1 aliphatic rings. The first-order valence-corrected chi connectivity index (χ1v) is 9.22. The third-order valence-corrected chi connectivity index (χ3v) is 5.25. The Kier molecular flexibility index (Phi) is 6.50. The number of carbonyl (C=O) groups is 1. The number of thiophene rings is 1. The van der Waals surface area contributed by atoms with Crippen LogP contribution < -0.4 is 14.9 Å². The molecular weight excluding hydrogens is 400 g/mol. The van der Waals surface area contributed by atoms with Crippen LogP contribution in [0.2, 0.25) is 0 Å². The van der Waals surface area contributed by atoms with Gasteiger partial charge in [-0.1, -0.05) is 0 Å². The first-order valence-electron chi connectivity index (χ1n) is 8.41. The zero-order chi connectivity index (χ0) is 20.1. The van der Waals surface area contributed by atoms with E-state index in [2.05, 4.69) is 20.0 Å². The number of ether oxygens (including phenoxy) is 2. The van der Waals surface area contributed by atoms with E-state index in [1.165, 1.54) is 27.8 Å². The Balaban J connectivity index is 1.70. The molecule has 1 amide bonds. The fraction of sp³-hybridized carbons (Fsp3) is 0.333. The van der Waals surface area contributed by atoms with Gasteiger partial charge in [-0.15, -0.1) is 11.3 Å². The minimum Gasteiger partial charge on any atom is -0.435 e. The van der Waals surface area contributed by atoms with Gasteiger partial charge in [-0.05, 0) is 49.4 Å². The van der Waals surface area contributed by atoms with Crippen LogP contribution in [0.5, 0.6) is 11.5 Å². The highest BCUT2D eigenvalue weighted by molar-refractivity contribution is 7.14. The Hall–Kier alpha value is -2.62. The summed E-state index contributed by atoms with van der Waals surface area (Å²) in [6.45, 7) is -6.27. The van der Waals surface area contributed by atoms with Gasteiger partial charge in [-0.2, -0.15) is 22.7 Å². The minimum absolute atomic E-state index is 0.0627. The summed E-state index contributed by atoms with van der Waals surface area (Å²) < 4.78 is 58.1. The quantitative estimate of drug-likeness (QED) is 0.408. The van der Waals surface area contributed by atoms with Crippen molar-refractivity contribution in [1.29, 1.82) is 0 Å². The molecule has 150 valence electrons. The molecule has 0 fully saturated rings. The van der Waals surface area contributed by atoms with Crippen molar-refractivity contribution in [2.45, 2.75) is 38.9 Å². The SMILES string of the molecule is O=C(N/N=C\c1ccc(OC(F)F)cc1OC(F)F)c1cc2c(s1)CCCC2. The molecule has 5 nitrogen and oxygen atoms in total. The number of amides is 1. The smallest absolute Gasteiger partial charge is 0.387 e. The molecular formula is C18H16F4N2O3S. The normalized spacial score (nSPS) is 13.8. The van der Waals surface area contributed by atoms with Crippen LogP contribution in [-0.2, 0) is 12.8 Å². The molecule has 1 heterocycles. The number of hydrazone groups is 1. The highest BCUT2D eigenvalue weighted by Crippen LogP contribution is 2.30. The summed E-state index contributed by atoms with van der Waals surface area (Å²) in [7, 11) is 0. The second kappa shape index (κ2) is 9.05. The van der Waals surface area contributed by atoms with Crippen LogP contribution in [0.3, 0.4) is 0 Å². The molecule has 1 N–H and O–H groups in total. The lowest BCUT2D eigenvalue weighted by molar-refractivity contribution is -0.0543. The number of nitrogens with one attached hydrogen (secondary N) is 1. The van der Waals surface area contributed by atoms with Gasteiger partial charge in [-0.25, -0.2) is 5.43 Å². The number of carbonyl (C=O) groups excluding carboxylic acids is 1. The molecule has 0 radical (unpaired) electrons. The van der Waals surface area contributed by atoms with Gasteiger partial charge in [0.15, 0.2) is 0 Å². The number of benzene rings is 1. The summed E-state index contributed by atoms with van der Waals surface area (Å²) in [4.78, 5) is 13.9. The second-order valence-corrected chi connectivity index (χ2v) is 7.06. The molecule has 0 atom stereocenters. The lowest BCUT2D eigenvalue weighted by Gasteiger charge is -2.10. The first-order chi connectivity index (χ1) is 13.4. The van der Waals surface area contributed by atoms with E-state index in [0.29, 0.717) is 4.88 Å². The Morgan fingerprint density at radius 3 is 2.57 bits per heavy atom. The van der Waals surface area contributed by atoms with Gasteiger partial charge in [0.2, 0.25) is 0 Å². The zero-order valence-electron chi connectivity index (χ0n) is 14.5. The molecule has 10 heteroatoms. The summed E-state index contributed by atoms with van der Waals surface area (Å²) in [5.41, 5.74) is 3.57. The summed E-state index contributed by atoms with van der Waals surface area (Å²) in [6.07, 6.45) is 5.20. The molecule has 0 saturated heterocycles. The van der Waals surface area contributed by atoms with Crippen LogP contribution in [0.1, 0.15) is 38.5 Å². The van der Waals surface area contributed by atoms with Crippen LogP contribution in [0.15, 0.2) is 29.4 Å². The lowest BCUT2D eigenvalue weighted by atomic mass is 9.99. The van der Waals surface area contributed by atoms with E-state index < -0.39 is 24.9 Å². The number of halogens is 4. The van der Waals surface area contributed by atoms with Gasteiger partial charge < -0.3 is 9.47 Å². The lowest BCUT2D eigenvalue weighted by Crippen LogP contribution is -2.16. The maximum Gasteiger partial charge on any atom is 0.387 e. The average molecular weight is 416 g/mol. The molecule has 1 aromatic carbocycles. The predicted octanol–water partition coefficient (Wildman–Crippen LogP) is 4.59. The predicted molar refractivity (Wildman–Crippen MR) is 95.7 cm³/mol. The van der Waals surface area contributed by atoms with Gasteiger partial charge in [-0.3, -0.25) is 4.79 Å². The Bertz CT molecular complexity index is 847. The first kappa shape index (κ1) is 20.1. The third kappa shape index (κ3) is 5.22. The highest BCUT2D eigenvalue weighted by Gasteiger charge is 2.17. The Labute approximate surface area is 162 Å².